The topological polar surface area (TPSA) is 47.0 Å². The van der Waals surface area contributed by atoms with E-state index in [9.17, 15) is 0 Å². The van der Waals surface area contributed by atoms with E-state index in [-0.39, 0.29) is 5.60 Å². The van der Waals surface area contributed by atoms with Crippen LogP contribution >= 0.6 is 0 Å². The summed E-state index contributed by atoms with van der Waals surface area (Å²) in [4.78, 5) is 9.33. The molecule has 2 rings (SSSR count). The third kappa shape index (κ3) is 2.34. The van der Waals surface area contributed by atoms with Crippen LogP contribution in [0.25, 0.3) is 0 Å². The Kier molecular flexibility index (Phi) is 3.85. The van der Waals surface area contributed by atoms with Crippen LogP contribution in [0.2, 0.25) is 0 Å². The molecule has 0 unspecified atom stereocenters. The van der Waals surface area contributed by atoms with E-state index in [4.69, 9.17) is 9.72 Å². The summed E-state index contributed by atoms with van der Waals surface area (Å²) in [5, 5.41) is 3.28. The summed E-state index contributed by atoms with van der Waals surface area (Å²) in [6.07, 6.45) is 3.24. The Hall–Kier alpha value is -1.16. The number of nitrogens with one attached hydrogen (secondary N) is 1. The van der Waals surface area contributed by atoms with Gasteiger partial charge in [0.15, 0.2) is 5.82 Å². The van der Waals surface area contributed by atoms with Crippen molar-refractivity contribution in [1.82, 2.24) is 9.97 Å². The highest BCUT2D eigenvalue weighted by Gasteiger charge is 2.42. The van der Waals surface area contributed by atoms with Gasteiger partial charge in [-0.1, -0.05) is 13.8 Å². The number of hydrogen-bond donors (Lipinski definition) is 1. The zero-order valence-electron chi connectivity index (χ0n) is 11.8. The van der Waals surface area contributed by atoms with Crippen molar-refractivity contribution in [1.29, 1.82) is 0 Å². The number of aromatic nitrogens is 2. The van der Waals surface area contributed by atoms with E-state index in [0.717, 1.165) is 36.7 Å². The molecule has 4 nitrogen and oxygen atoms in total. The number of ether oxygens (including phenoxy) is 1. The quantitative estimate of drug-likeness (QED) is 0.871. The first-order valence-electron chi connectivity index (χ1n) is 6.80. The first-order chi connectivity index (χ1) is 8.61. The smallest absolute Gasteiger partial charge is 0.162 e. The second kappa shape index (κ2) is 5.22. The Labute approximate surface area is 109 Å². The van der Waals surface area contributed by atoms with Crippen molar-refractivity contribution in [2.24, 2.45) is 0 Å². The molecule has 0 bridgehead atoms. The SMILES string of the molecule is CCNc1cc(C(C)C)nc(C2(OC)CCC2)n1. The van der Waals surface area contributed by atoms with Gasteiger partial charge in [0.25, 0.3) is 0 Å². The van der Waals surface area contributed by atoms with Gasteiger partial charge < -0.3 is 10.1 Å². The zero-order valence-corrected chi connectivity index (χ0v) is 11.8. The van der Waals surface area contributed by atoms with Crippen molar-refractivity contribution >= 4 is 5.82 Å². The van der Waals surface area contributed by atoms with Gasteiger partial charge in [-0.3, -0.25) is 0 Å². The van der Waals surface area contributed by atoms with Gasteiger partial charge in [0.05, 0.1) is 0 Å². The lowest BCUT2D eigenvalue weighted by Gasteiger charge is -2.39. The highest BCUT2D eigenvalue weighted by molar-refractivity contribution is 5.38. The maximum absolute atomic E-state index is 5.67. The maximum atomic E-state index is 5.67. The summed E-state index contributed by atoms with van der Waals surface area (Å²) in [6.45, 7) is 7.25. The summed E-state index contributed by atoms with van der Waals surface area (Å²) in [5.74, 6) is 2.16. The highest BCUT2D eigenvalue weighted by Crippen LogP contribution is 2.43. The molecule has 1 aliphatic carbocycles. The van der Waals surface area contributed by atoms with Gasteiger partial charge in [0, 0.05) is 25.4 Å². The van der Waals surface area contributed by atoms with Crippen LogP contribution in [0.3, 0.4) is 0 Å². The summed E-state index contributed by atoms with van der Waals surface area (Å²) in [5.41, 5.74) is 0.842. The van der Waals surface area contributed by atoms with Gasteiger partial charge in [0.1, 0.15) is 11.4 Å². The normalized spacial score (nSPS) is 17.6. The minimum absolute atomic E-state index is 0.241. The molecule has 18 heavy (non-hydrogen) atoms. The Morgan fingerprint density at radius 1 is 1.39 bits per heavy atom. The Balaban J connectivity index is 2.39. The third-order valence-electron chi connectivity index (χ3n) is 3.65. The van der Waals surface area contributed by atoms with Gasteiger partial charge in [-0.2, -0.15) is 0 Å². The van der Waals surface area contributed by atoms with E-state index < -0.39 is 0 Å². The fourth-order valence-corrected chi connectivity index (χ4v) is 2.25. The molecule has 1 heterocycles. The molecule has 1 aliphatic rings. The molecule has 4 heteroatoms. The lowest BCUT2D eigenvalue weighted by atomic mass is 9.79. The van der Waals surface area contributed by atoms with Crippen molar-refractivity contribution in [3.8, 4) is 0 Å². The van der Waals surface area contributed by atoms with Gasteiger partial charge >= 0.3 is 0 Å². The molecule has 0 radical (unpaired) electrons. The fraction of sp³-hybridized carbons (Fsp3) is 0.714. The average Bonchev–Trinajstić information content (AvgIpc) is 2.28. The molecule has 1 aromatic rings. The van der Waals surface area contributed by atoms with Crippen molar-refractivity contribution in [3.05, 3.63) is 17.6 Å². The van der Waals surface area contributed by atoms with Gasteiger partial charge in [-0.25, -0.2) is 9.97 Å². The van der Waals surface area contributed by atoms with Crippen LogP contribution in [0.15, 0.2) is 6.07 Å². The number of anilines is 1. The Morgan fingerprint density at radius 2 is 2.11 bits per heavy atom. The first kappa shape index (κ1) is 13.3. The van der Waals surface area contributed by atoms with Crippen LogP contribution < -0.4 is 5.32 Å². The molecule has 1 saturated carbocycles. The van der Waals surface area contributed by atoms with Crippen LogP contribution in [0.5, 0.6) is 0 Å². The average molecular weight is 249 g/mol. The third-order valence-corrected chi connectivity index (χ3v) is 3.65. The van der Waals surface area contributed by atoms with Crippen molar-refractivity contribution < 1.29 is 4.74 Å². The molecule has 1 N–H and O–H groups in total. The predicted octanol–water partition coefficient (Wildman–Crippen LogP) is 3.06. The van der Waals surface area contributed by atoms with Crippen LogP contribution in [-0.4, -0.2) is 23.6 Å². The number of rotatable bonds is 5. The molecule has 0 amide bonds. The second-order valence-electron chi connectivity index (χ2n) is 5.24. The maximum Gasteiger partial charge on any atom is 0.162 e. The molecule has 0 atom stereocenters. The standard InChI is InChI=1S/C14H23N3O/c1-5-15-12-9-11(10(2)3)16-13(17-12)14(18-4)7-6-8-14/h9-10H,5-8H2,1-4H3,(H,15,16,17). The van der Waals surface area contributed by atoms with Crippen LogP contribution in [0.4, 0.5) is 5.82 Å². The van der Waals surface area contributed by atoms with Gasteiger partial charge in [-0.15, -0.1) is 0 Å². The summed E-state index contributed by atoms with van der Waals surface area (Å²) >= 11 is 0. The van der Waals surface area contributed by atoms with Crippen LogP contribution in [0, 0.1) is 0 Å². The van der Waals surface area contributed by atoms with E-state index in [1.807, 2.05) is 6.07 Å². The first-order valence-corrected chi connectivity index (χ1v) is 6.80. The summed E-state index contributed by atoms with van der Waals surface area (Å²) < 4.78 is 5.67. The molecular formula is C14H23N3O. The highest BCUT2D eigenvalue weighted by atomic mass is 16.5. The minimum atomic E-state index is -0.241. The number of methoxy groups -OCH3 is 1. The summed E-state index contributed by atoms with van der Waals surface area (Å²) in [6, 6.07) is 2.04. The fourth-order valence-electron chi connectivity index (χ4n) is 2.25. The minimum Gasteiger partial charge on any atom is -0.370 e. The number of nitrogens with zero attached hydrogens (tertiary/aromatic N) is 2. The molecule has 0 saturated heterocycles. The molecular weight excluding hydrogens is 226 g/mol. The Morgan fingerprint density at radius 3 is 2.56 bits per heavy atom. The van der Waals surface area contributed by atoms with Gasteiger partial charge in [0.2, 0.25) is 0 Å². The van der Waals surface area contributed by atoms with Crippen LogP contribution in [0.1, 0.15) is 57.5 Å². The largest absolute Gasteiger partial charge is 0.370 e. The van der Waals surface area contributed by atoms with Gasteiger partial charge in [-0.05, 0) is 32.1 Å². The van der Waals surface area contributed by atoms with E-state index in [2.05, 4.69) is 31.1 Å². The molecule has 0 aliphatic heterocycles. The van der Waals surface area contributed by atoms with E-state index >= 15 is 0 Å². The number of hydrogen-bond acceptors (Lipinski definition) is 4. The molecule has 0 spiro atoms. The predicted molar refractivity (Wildman–Crippen MR) is 72.8 cm³/mol. The Bertz CT molecular complexity index is 408. The van der Waals surface area contributed by atoms with E-state index in [1.54, 1.807) is 7.11 Å². The van der Waals surface area contributed by atoms with Crippen molar-refractivity contribution in [2.75, 3.05) is 19.0 Å². The lowest BCUT2D eigenvalue weighted by molar-refractivity contribution is -0.0847. The van der Waals surface area contributed by atoms with Crippen molar-refractivity contribution in [3.63, 3.8) is 0 Å². The molecule has 100 valence electrons. The lowest BCUT2D eigenvalue weighted by Crippen LogP contribution is -2.38. The van der Waals surface area contributed by atoms with E-state index in [1.165, 1.54) is 6.42 Å². The van der Waals surface area contributed by atoms with Crippen molar-refractivity contribution in [2.45, 2.75) is 51.6 Å². The monoisotopic (exact) mass is 249 g/mol. The summed E-state index contributed by atoms with van der Waals surface area (Å²) in [7, 11) is 1.76. The zero-order chi connectivity index (χ0) is 13.2. The molecule has 1 fully saturated rings. The van der Waals surface area contributed by atoms with Crippen LogP contribution in [-0.2, 0) is 10.3 Å². The molecule has 1 aromatic heterocycles. The van der Waals surface area contributed by atoms with E-state index in [0.29, 0.717) is 5.92 Å². The molecule has 0 aromatic carbocycles. The second-order valence-corrected chi connectivity index (χ2v) is 5.24.